The summed E-state index contributed by atoms with van der Waals surface area (Å²) in [6.45, 7) is 7.71. The van der Waals surface area contributed by atoms with E-state index in [0.717, 1.165) is 18.5 Å². The Balaban J connectivity index is 1.49. The molecule has 0 spiro atoms. The zero-order chi connectivity index (χ0) is 25.5. The van der Waals surface area contributed by atoms with E-state index in [0.29, 0.717) is 22.4 Å². The van der Waals surface area contributed by atoms with E-state index >= 15 is 0 Å². The van der Waals surface area contributed by atoms with Crippen molar-refractivity contribution in [2.45, 2.75) is 83.5 Å². The Labute approximate surface area is 213 Å². The second-order valence-electron chi connectivity index (χ2n) is 10.9. The van der Waals surface area contributed by atoms with Crippen LogP contribution in [0.1, 0.15) is 70.2 Å². The highest BCUT2D eigenvalue weighted by Crippen LogP contribution is 2.40. The van der Waals surface area contributed by atoms with Crippen LogP contribution < -0.4 is 5.32 Å². The van der Waals surface area contributed by atoms with Crippen LogP contribution in [0.5, 0.6) is 0 Å². The molecule has 2 N–H and O–H groups in total. The summed E-state index contributed by atoms with van der Waals surface area (Å²) in [5.41, 5.74) is 0.884. The SMILES string of the molecule is CC(Cc1ccc(Br)cc1F)NC(=O)[C@@H]1C[C@@H](O)CN1C(=O)[C@@H](n1cc(C2CC2)nn1)C(C)(C)C. The van der Waals surface area contributed by atoms with Crippen molar-refractivity contribution in [2.24, 2.45) is 5.41 Å². The minimum absolute atomic E-state index is 0.0728. The highest BCUT2D eigenvalue weighted by Gasteiger charge is 2.45. The number of likely N-dealkylation sites (tertiary alicyclic amines) is 1. The van der Waals surface area contributed by atoms with Gasteiger partial charge in [0.2, 0.25) is 11.8 Å². The molecular formula is C25H33BrFN5O3. The fourth-order valence-electron chi connectivity index (χ4n) is 4.73. The Hall–Kier alpha value is -2.33. The summed E-state index contributed by atoms with van der Waals surface area (Å²) in [6, 6.07) is 2.99. The molecule has 1 unspecified atom stereocenters. The number of hydrogen-bond acceptors (Lipinski definition) is 5. The second kappa shape index (κ2) is 9.97. The Morgan fingerprint density at radius 1 is 1.31 bits per heavy atom. The van der Waals surface area contributed by atoms with Crippen molar-refractivity contribution in [1.82, 2.24) is 25.2 Å². The van der Waals surface area contributed by atoms with Crippen LogP contribution in [0.4, 0.5) is 4.39 Å². The van der Waals surface area contributed by atoms with Crippen molar-refractivity contribution in [3.63, 3.8) is 0 Å². The molecule has 8 nitrogen and oxygen atoms in total. The largest absolute Gasteiger partial charge is 0.391 e. The summed E-state index contributed by atoms with van der Waals surface area (Å²) in [4.78, 5) is 28.5. The number of aliphatic hydroxyl groups excluding tert-OH is 1. The molecule has 2 amide bonds. The van der Waals surface area contributed by atoms with Crippen molar-refractivity contribution in [2.75, 3.05) is 6.54 Å². The molecule has 1 aromatic heterocycles. The Bertz CT molecular complexity index is 1100. The summed E-state index contributed by atoms with van der Waals surface area (Å²) in [5, 5.41) is 21.8. The Morgan fingerprint density at radius 2 is 2.03 bits per heavy atom. The van der Waals surface area contributed by atoms with Crippen LogP contribution in [0.25, 0.3) is 0 Å². The monoisotopic (exact) mass is 549 g/mol. The number of aliphatic hydroxyl groups is 1. The maximum Gasteiger partial charge on any atom is 0.248 e. The number of halogens is 2. The van der Waals surface area contributed by atoms with Gasteiger partial charge in [-0.2, -0.15) is 0 Å². The summed E-state index contributed by atoms with van der Waals surface area (Å²) < 4.78 is 16.5. The van der Waals surface area contributed by atoms with Crippen molar-refractivity contribution >= 4 is 27.7 Å². The molecule has 0 radical (unpaired) electrons. The molecule has 10 heteroatoms. The van der Waals surface area contributed by atoms with E-state index in [2.05, 4.69) is 31.6 Å². The first kappa shape index (κ1) is 25.8. The van der Waals surface area contributed by atoms with Gasteiger partial charge in [0.15, 0.2) is 0 Å². The number of rotatable bonds is 7. The van der Waals surface area contributed by atoms with Crippen LogP contribution in [-0.2, 0) is 16.0 Å². The van der Waals surface area contributed by atoms with Gasteiger partial charge in [0.05, 0.1) is 11.8 Å². The number of nitrogens with zero attached hydrogens (tertiary/aromatic N) is 4. The molecule has 2 aromatic rings. The van der Waals surface area contributed by atoms with E-state index in [1.54, 1.807) is 23.7 Å². The van der Waals surface area contributed by atoms with E-state index in [9.17, 15) is 19.1 Å². The lowest BCUT2D eigenvalue weighted by Gasteiger charge is -2.34. The third-order valence-electron chi connectivity index (χ3n) is 6.64. The van der Waals surface area contributed by atoms with Crippen molar-refractivity contribution in [3.8, 4) is 0 Å². The van der Waals surface area contributed by atoms with Gasteiger partial charge >= 0.3 is 0 Å². The predicted molar refractivity (Wildman–Crippen MR) is 132 cm³/mol. The molecule has 1 saturated carbocycles. The summed E-state index contributed by atoms with van der Waals surface area (Å²) in [7, 11) is 0. The van der Waals surface area contributed by atoms with Gasteiger partial charge in [-0.3, -0.25) is 9.59 Å². The highest BCUT2D eigenvalue weighted by molar-refractivity contribution is 9.10. The Kier molecular flexibility index (Phi) is 7.33. The molecule has 1 aromatic carbocycles. The number of amides is 2. The van der Waals surface area contributed by atoms with Gasteiger partial charge in [0.25, 0.3) is 0 Å². The lowest BCUT2D eigenvalue weighted by Crippen LogP contribution is -2.51. The van der Waals surface area contributed by atoms with Crippen LogP contribution in [0, 0.1) is 11.2 Å². The number of nitrogens with one attached hydrogen (secondary N) is 1. The molecule has 2 fully saturated rings. The maximum atomic E-state index is 14.2. The molecule has 2 aliphatic rings. The zero-order valence-electron chi connectivity index (χ0n) is 20.5. The van der Waals surface area contributed by atoms with E-state index in [4.69, 9.17) is 0 Å². The Morgan fingerprint density at radius 3 is 2.66 bits per heavy atom. The second-order valence-corrected chi connectivity index (χ2v) is 11.8. The third-order valence-corrected chi connectivity index (χ3v) is 7.13. The van der Waals surface area contributed by atoms with E-state index in [-0.39, 0.29) is 36.6 Å². The average molecular weight is 550 g/mol. The lowest BCUT2D eigenvalue weighted by molar-refractivity contribution is -0.144. The van der Waals surface area contributed by atoms with Gasteiger partial charge in [-0.25, -0.2) is 9.07 Å². The van der Waals surface area contributed by atoms with Crippen LogP contribution >= 0.6 is 15.9 Å². The van der Waals surface area contributed by atoms with Gasteiger partial charge < -0.3 is 15.3 Å². The molecule has 4 rings (SSSR count). The topological polar surface area (TPSA) is 100 Å². The summed E-state index contributed by atoms with van der Waals surface area (Å²) >= 11 is 3.25. The fourth-order valence-corrected chi connectivity index (χ4v) is 5.07. The van der Waals surface area contributed by atoms with Gasteiger partial charge in [0.1, 0.15) is 17.9 Å². The first-order valence-corrected chi connectivity index (χ1v) is 12.9. The molecule has 2 heterocycles. The molecule has 1 aliphatic heterocycles. The van der Waals surface area contributed by atoms with Crippen LogP contribution in [0.2, 0.25) is 0 Å². The molecular weight excluding hydrogens is 517 g/mol. The quantitative estimate of drug-likeness (QED) is 0.551. The third kappa shape index (κ3) is 5.91. The smallest absolute Gasteiger partial charge is 0.248 e. The van der Waals surface area contributed by atoms with Crippen LogP contribution in [0.3, 0.4) is 0 Å². The number of hydrogen-bond donors (Lipinski definition) is 2. The van der Waals surface area contributed by atoms with Crippen molar-refractivity contribution in [3.05, 3.63) is 45.9 Å². The van der Waals surface area contributed by atoms with Gasteiger partial charge in [-0.1, -0.05) is 48.0 Å². The molecule has 35 heavy (non-hydrogen) atoms. The van der Waals surface area contributed by atoms with E-state index in [1.165, 1.54) is 11.0 Å². The zero-order valence-corrected chi connectivity index (χ0v) is 22.1. The summed E-state index contributed by atoms with van der Waals surface area (Å²) in [6.07, 6.45) is 3.65. The minimum Gasteiger partial charge on any atom is -0.391 e. The van der Waals surface area contributed by atoms with Gasteiger partial charge in [-0.15, -0.1) is 5.10 Å². The lowest BCUT2D eigenvalue weighted by atomic mass is 9.85. The first-order valence-electron chi connectivity index (χ1n) is 12.1. The molecule has 4 atom stereocenters. The number of carbonyl (C=O) groups excluding carboxylic acids is 2. The first-order chi connectivity index (χ1) is 16.4. The minimum atomic E-state index is -0.814. The fraction of sp³-hybridized carbons (Fsp3) is 0.600. The van der Waals surface area contributed by atoms with E-state index in [1.807, 2.05) is 27.0 Å². The number of benzene rings is 1. The number of aromatic nitrogens is 3. The van der Waals surface area contributed by atoms with Crippen molar-refractivity contribution < 1.29 is 19.1 Å². The molecule has 190 valence electrons. The number of β-amino-alcohol motifs (C(OH)–C–C–N with tert-alkyl or cyclic N) is 1. The molecule has 1 saturated heterocycles. The predicted octanol–water partition coefficient (Wildman–Crippen LogP) is 3.35. The molecule has 1 aliphatic carbocycles. The van der Waals surface area contributed by atoms with Gasteiger partial charge in [-0.05, 0) is 49.3 Å². The van der Waals surface area contributed by atoms with Crippen LogP contribution in [-0.4, -0.2) is 61.5 Å². The van der Waals surface area contributed by atoms with Gasteiger partial charge in [0, 0.05) is 35.6 Å². The summed E-state index contributed by atoms with van der Waals surface area (Å²) in [5.74, 6) is -0.568. The number of carbonyl (C=O) groups is 2. The standard InChI is InChI=1S/C25H33BrFN5O3/c1-14(9-16-7-8-17(26)10-19(16)27)28-23(34)21-11-18(33)12-31(21)24(35)22(25(2,3)4)32-13-20(29-30-32)15-5-6-15/h7-8,10,13-15,18,21-22,33H,5-6,9,11-12H2,1-4H3,(H,28,34)/t14?,18-,21+,22-/m1/s1. The highest BCUT2D eigenvalue weighted by atomic mass is 79.9. The maximum absolute atomic E-state index is 14.2. The average Bonchev–Trinajstić information content (AvgIpc) is 3.36. The van der Waals surface area contributed by atoms with E-state index < -0.39 is 23.6 Å². The molecule has 0 bridgehead atoms. The normalized spacial score (nSPS) is 22.2. The van der Waals surface area contributed by atoms with Crippen molar-refractivity contribution in [1.29, 1.82) is 0 Å². The van der Waals surface area contributed by atoms with Crippen LogP contribution in [0.15, 0.2) is 28.9 Å².